The molecule has 1 aliphatic rings. The van der Waals surface area contributed by atoms with Crippen molar-refractivity contribution >= 4 is 22.7 Å². The summed E-state index contributed by atoms with van der Waals surface area (Å²) < 4.78 is 72.8. The second kappa shape index (κ2) is 10.8. The standard InChI is InChI=1S/C25H25F5N8O2/c26-16-7-14(40-24(29)30)2-3-15(16)17-6-13(9-38-12-36-19-22(31)34-11-35-23(19)38)18(8-33-17)37-5-1-4-25(32,10-37)20(39)21(27)28/h2-3,6-8,11-12,20-21,24,39H,1,4-5,9-10,32H2,(H2,31,34,35)/t20-,25+/m0/s1. The summed E-state index contributed by atoms with van der Waals surface area (Å²) in [5.74, 6) is -1.00. The van der Waals surface area contributed by atoms with E-state index in [1.54, 1.807) is 15.5 Å². The molecule has 0 aliphatic carbocycles. The first-order valence-corrected chi connectivity index (χ1v) is 12.2. The average molecular weight is 565 g/mol. The number of nitrogens with two attached hydrogens (primary N) is 2. The van der Waals surface area contributed by atoms with E-state index in [9.17, 15) is 27.1 Å². The first-order valence-electron chi connectivity index (χ1n) is 12.2. The van der Waals surface area contributed by atoms with Gasteiger partial charge in [-0.25, -0.2) is 28.1 Å². The van der Waals surface area contributed by atoms with E-state index in [1.807, 2.05) is 0 Å². The highest BCUT2D eigenvalue weighted by Gasteiger charge is 2.43. The number of nitrogens with zero attached hydrogens (tertiary/aromatic N) is 6. The molecule has 0 spiro atoms. The Hall–Kier alpha value is -4.11. The largest absolute Gasteiger partial charge is 0.435 e. The van der Waals surface area contributed by atoms with Crippen LogP contribution in [-0.4, -0.2) is 67.4 Å². The molecule has 0 unspecified atom stereocenters. The molecule has 1 saturated heterocycles. The summed E-state index contributed by atoms with van der Waals surface area (Å²) in [5, 5.41) is 10.1. The Morgan fingerprint density at radius 1 is 1.10 bits per heavy atom. The van der Waals surface area contributed by atoms with Gasteiger partial charge in [-0.2, -0.15) is 8.78 Å². The molecule has 10 nitrogen and oxygen atoms in total. The molecule has 5 N–H and O–H groups in total. The topological polar surface area (TPSA) is 141 Å². The third kappa shape index (κ3) is 5.34. The number of aliphatic hydroxyl groups is 1. The first kappa shape index (κ1) is 27.5. The average Bonchev–Trinajstić information content (AvgIpc) is 3.32. The van der Waals surface area contributed by atoms with Crippen LogP contribution in [0, 0.1) is 5.82 Å². The number of hydrogen-bond acceptors (Lipinski definition) is 9. The predicted octanol–water partition coefficient (Wildman–Crippen LogP) is 3.18. The number of pyridine rings is 1. The highest BCUT2D eigenvalue weighted by atomic mass is 19.3. The second-order valence-electron chi connectivity index (χ2n) is 9.56. The molecule has 40 heavy (non-hydrogen) atoms. The van der Waals surface area contributed by atoms with Crippen LogP contribution in [0.15, 0.2) is 43.1 Å². The van der Waals surface area contributed by atoms with Gasteiger partial charge >= 0.3 is 6.61 Å². The van der Waals surface area contributed by atoms with Crippen molar-refractivity contribution < 1.29 is 31.8 Å². The van der Waals surface area contributed by atoms with E-state index in [0.29, 0.717) is 35.4 Å². The van der Waals surface area contributed by atoms with Crippen LogP contribution in [0.25, 0.3) is 22.4 Å². The fraction of sp³-hybridized carbons (Fsp3) is 0.360. The summed E-state index contributed by atoms with van der Waals surface area (Å²) in [6, 6.07) is 4.89. The Morgan fingerprint density at radius 3 is 2.62 bits per heavy atom. The molecule has 5 rings (SSSR count). The van der Waals surface area contributed by atoms with Crippen molar-refractivity contribution in [1.82, 2.24) is 24.5 Å². The number of halogens is 5. The second-order valence-corrected chi connectivity index (χ2v) is 9.56. The Kier molecular flexibility index (Phi) is 7.42. The summed E-state index contributed by atoms with van der Waals surface area (Å²) in [6.45, 7) is -2.62. The van der Waals surface area contributed by atoms with E-state index in [4.69, 9.17) is 11.5 Å². The zero-order chi connectivity index (χ0) is 28.6. The maximum absolute atomic E-state index is 14.9. The molecule has 0 saturated carbocycles. The van der Waals surface area contributed by atoms with Gasteiger partial charge in [0, 0.05) is 24.7 Å². The van der Waals surface area contributed by atoms with Gasteiger partial charge in [0.2, 0.25) is 0 Å². The highest BCUT2D eigenvalue weighted by Crippen LogP contribution is 2.34. The normalized spacial score (nSPS) is 18.6. The van der Waals surface area contributed by atoms with Crippen LogP contribution in [0.1, 0.15) is 18.4 Å². The molecule has 4 aromatic rings. The van der Waals surface area contributed by atoms with Crippen molar-refractivity contribution in [2.24, 2.45) is 5.73 Å². The van der Waals surface area contributed by atoms with Crippen molar-refractivity contribution in [1.29, 1.82) is 0 Å². The van der Waals surface area contributed by atoms with Gasteiger partial charge in [-0.1, -0.05) is 0 Å². The number of rotatable bonds is 8. The fourth-order valence-corrected chi connectivity index (χ4v) is 4.94. The van der Waals surface area contributed by atoms with Crippen molar-refractivity contribution in [3.05, 3.63) is 54.5 Å². The Labute approximate surface area is 224 Å². The van der Waals surface area contributed by atoms with Crippen LogP contribution in [0.5, 0.6) is 5.75 Å². The summed E-state index contributed by atoms with van der Waals surface area (Å²) in [5.41, 5.74) is 12.7. The van der Waals surface area contributed by atoms with Gasteiger partial charge in [0.15, 0.2) is 11.5 Å². The molecule has 212 valence electrons. The molecule has 3 aromatic heterocycles. The summed E-state index contributed by atoms with van der Waals surface area (Å²) in [6.07, 6.45) is -0.196. The van der Waals surface area contributed by atoms with Crippen molar-refractivity contribution in [3.63, 3.8) is 0 Å². The van der Waals surface area contributed by atoms with E-state index >= 15 is 0 Å². The minimum Gasteiger partial charge on any atom is -0.435 e. The van der Waals surface area contributed by atoms with Crippen molar-refractivity contribution in [2.75, 3.05) is 23.7 Å². The van der Waals surface area contributed by atoms with Gasteiger partial charge in [0.1, 0.15) is 29.5 Å². The van der Waals surface area contributed by atoms with Gasteiger partial charge in [-0.3, -0.25) is 4.98 Å². The van der Waals surface area contributed by atoms with E-state index < -0.39 is 30.5 Å². The first-order chi connectivity index (χ1) is 19.1. The minimum atomic E-state index is -3.11. The summed E-state index contributed by atoms with van der Waals surface area (Å²) in [4.78, 5) is 18.6. The number of ether oxygens (including phenoxy) is 1. The van der Waals surface area contributed by atoms with Crippen LogP contribution in [0.2, 0.25) is 0 Å². The number of piperidine rings is 1. The molecule has 1 aromatic carbocycles. The number of benzene rings is 1. The predicted molar refractivity (Wildman–Crippen MR) is 135 cm³/mol. The van der Waals surface area contributed by atoms with Gasteiger partial charge < -0.3 is 30.8 Å². The lowest BCUT2D eigenvalue weighted by atomic mass is 9.84. The number of hydrogen-bond donors (Lipinski definition) is 3. The van der Waals surface area contributed by atoms with Crippen LogP contribution in [0.3, 0.4) is 0 Å². The molecular weight excluding hydrogens is 539 g/mol. The van der Waals surface area contributed by atoms with E-state index in [0.717, 1.165) is 6.07 Å². The van der Waals surface area contributed by atoms with E-state index in [2.05, 4.69) is 24.7 Å². The van der Waals surface area contributed by atoms with Crippen LogP contribution in [0.4, 0.5) is 33.5 Å². The maximum atomic E-state index is 14.9. The number of alkyl halides is 4. The lowest BCUT2D eigenvalue weighted by molar-refractivity contribution is -0.0529. The fourth-order valence-electron chi connectivity index (χ4n) is 4.94. The Morgan fingerprint density at radius 2 is 1.90 bits per heavy atom. The van der Waals surface area contributed by atoms with E-state index in [1.165, 1.54) is 31.0 Å². The monoisotopic (exact) mass is 564 g/mol. The van der Waals surface area contributed by atoms with Gasteiger partial charge in [-0.05, 0) is 36.6 Å². The van der Waals surface area contributed by atoms with Crippen LogP contribution in [-0.2, 0) is 6.54 Å². The SMILES string of the molecule is Nc1ncnc2c1ncn2Cc1cc(-c2ccc(OC(F)F)cc2F)ncc1N1CCC[C@](N)([C@@H](O)C(F)F)C1. The smallest absolute Gasteiger partial charge is 0.387 e. The molecule has 1 fully saturated rings. The zero-order valence-electron chi connectivity index (χ0n) is 20.9. The number of imidazole rings is 1. The Bertz CT molecular complexity index is 1520. The number of anilines is 2. The van der Waals surface area contributed by atoms with E-state index in [-0.39, 0.29) is 42.3 Å². The highest BCUT2D eigenvalue weighted by molar-refractivity contribution is 5.81. The lowest BCUT2D eigenvalue weighted by Gasteiger charge is -2.44. The molecule has 0 amide bonds. The van der Waals surface area contributed by atoms with Crippen molar-refractivity contribution in [2.45, 2.75) is 44.1 Å². The van der Waals surface area contributed by atoms with Gasteiger partial charge in [-0.15, -0.1) is 0 Å². The lowest BCUT2D eigenvalue weighted by Crippen LogP contribution is -2.63. The maximum Gasteiger partial charge on any atom is 0.387 e. The number of aromatic nitrogens is 5. The summed E-state index contributed by atoms with van der Waals surface area (Å²) >= 11 is 0. The molecular formula is C25H25F5N8O2. The zero-order valence-corrected chi connectivity index (χ0v) is 20.9. The van der Waals surface area contributed by atoms with Gasteiger partial charge in [0.05, 0.1) is 36.0 Å². The molecule has 0 radical (unpaired) electrons. The molecule has 4 heterocycles. The quantitative estimate of drug-likeness (QED) is 0.275. The third-order valence-corrected chi connectivity index (χ3v) is 6.90. The molecule has 15 heteroatoms. The Balaban J connectivity index is 1.56. The number of fused-ring (bicyclic) bond motifs is 1. The van der Waals surface area contributed by atoms with Crippen LogP contribution >= 0.6 is 0 Å². The van der Waals surface area contributed by atoms with Crippen molar-refractivity contribution in [3.8, 4) is 17.0 Å². The van der Waals surface area contributed by atoms with Gasteiger partial charge in [0.25, 0.3) is 6.43 Å². The number of nitrogen functional groups attached to an aromatic ring is 1. The molecule has 2 atom stereocenters. The molecule has 1 aliphatic heterocycles. The molecule has 0 bridgehead atoms. The number of aliphatic hydroxyl groups excluding tert-OH is 1. The summed E-state index contributed by atoms with van der Waals surface area (Å²) in [7, 11) is 0. The van der Waals surface area contributed by atoms with Crippen LogP contribution < -0.4 is 21.1 Å². The third-order valence-electron chi connectivity index (χ3n) is 6.90. The minimum absolute atomic E-state index is 0.0245.